The molecule has 0 aliphatic carbocycles. The van der Waals surface area contributed by atoms with Gasteiger partial charge in [-0.15, -0.1) is 0 Å². The number of ether oxygens (including phenoxy) is 2. The first-order chi connectivity index (χ1) is 7.66. The van der Waals surface area contributed by atoms with Crippen LogP contribution in [-0.2, 0) is 14.3 Å². The Morgan fingerprint density at radius 3 is 2.94 bits per heavy atom. The van der Waals surface area contributed by atoms with Crippen LogP contribution in [0.2, 0.25) is 0 Å². The second-order valence-corrected chi connectivity index (χ2v) is 4.42. The number of fused-ring (bicyclic) bond motifs is 2. The Labute approximate surface area is 93.0 Å². The normalized spacial score (nSPS) is 37.7. The summed E-state index contributed by atoms with van der Waals surface area (Å²) in [5, 5.41) is 0. The minimum Gasteiger partial charge on any atom is -0.448 e. The molecule has 3 heterocycles. The van der Waals surface area contributed by atoms with Gasteiger partial charge in [0.1, 0.15) is 18.8 Å². The molecule has 0 unspecified atom stereocenters. The van der Waals surface area contributed by atoms with Crippen molar-refractivity contribution in [1.82, 2.24) is 4.90 Å². The van der Waals surface area contributed by atoms with Gasteiger partial charge in [0.15, 0.2) is 5.78 Å². The van der Waals surface area contributed by atoms with Crippen molar-refractivity contribution in [3.63, 3.8) is 0 Å². The summed E-state index contributed by atoms with van der Waals surface area (Å²) in [4.78, 5) is 24.9. The van der Waals surface area contributed by atoms with E-state index in [1.54, 1.807) is 0 Å². The predicted molar refractivity (Wildman–Crippen MR) is 53.9 cm³/mol. The maximum atomic E-state index is 12.0. The number of amides is 1. The summed E-state index contributed by atoms with van der Waals surface area (Å²) < 4.78 is 10.5. The molecule has 2 saturated heterocycles. The molecule has 0 N–H and O–H groups in total. The minimum atomic E-state index is -0.483. The fraction of sp³-hybridized carbons (Fsp3) is 0.636. The van der Waals surface area contributed by atoms with Gasteiger partial charge in [-0.3, -0.25) is 9.69 Å². The molecule has 5 nitrogen and oxygen atoms in total. The third-order valence-electron chi connectivity index (χ3n) is 3.41. The minimum absolute atomic E-state index is 0.0765. The lowest BCUT2D eigenvalue weighted by atomic mass is 10.00. The number of rotatable bonds is 1. The molecular weight excluding hydrogens is 210 g/mol. The molecule has 2 fully saturated rings. The van der Waals surface area contributed by atoms with Crippen molar-refractivity contribution in [2.45, 2.75) is 31.6 Å². The Kier molecular flexibility index (Phi) is 2.04. The zero-order valence-corrected chi connectivity index (χ0v) is 9.01. The van der Waals surface area contributed by atoms with Crippen molar-refractivity contribution in [3.8, 4) is 0 Å². The summed E-state index contributed by atoms with van der Waals surface area (Å²) in [6.07, 6.45) is 1.56. The van der Waals surface area contributed by atoms with Crippen LogP contribution in [0.5, 0.6) is 0 Å². The first-order valence-corrected chi connectivity index (χ1v) is 5.46. The molecule has 3 atom stereocenters. The number of ketones is 1. The molecule has 3 aliphatic heterocycles. The van der Waals surface area contributed by atoms with E-state index in [2.05, 4.69) is 0 Å². The molecule has 3 rings (SSSR count). The zero-order valence-electron chi connectivity index (χ0n) is 9.01. The van der Waals surface area contributed by atoms with E-state index in [4.69, 9.17) is 9.47 Å². The highest BCUT2D eigenvalue weighted by molar-refractivity contribution is 5.90. The fourth-order valence-electron chi connectivity index (χ4n) is 2.57. The molecule has 0 aromatic rings. The van der Waals surface area contributed by atoms with Gasteiger partial charge in [-0.05, 0) is 12.5 Å². The monoisotopic (exact) mass is 223 g/mol. The van der Waals surface area contributed by atoms with Gasteiger partial charge in [-0.2, -0.15) is 0 Å². The Morgan fingerprint density at radius 1 is 1.44 bits per heavy atom. The van der Waals surface area contributed by atoms with Crippen LogP contribution in [0.1, 0.15) is 13.3 Å². The molecule has 5 heteroatoms. The van der Waals surface area contributed by atoms with Gasteiger partial charge in [0.25, 0.3) is 0 Å². The van der Waals surface area contributed by atoms with Crippen LogP contribution < -0.4 is 0 Å². The van der Waals surface area contributed by atoms with Gasteiger partial charge in [-0.1, -0.05) is 6.08 Å². The van der Waals surface area contributed by atoms with Crippen molar-refractivity contribution in [2.75, 3.05) is 13.2 Å². The first-order valence-electron chi connectivity index (χ1n) is 5.46. The van der Waals surface area contributed by atoms with Gasteiger partial charge >= 0.3 is 6.09 Å². The van der Waals surface area contributed by atoms with Gasteiger partial charge in [-0.25, -0.2) is 4.79 Å². The van der Waals surface area contributed by atoms with E-state index in [1.165, 1.54) is 4.90 Å². The Hall–Kier alpha value is -1.36. The number of cyclic esters (lactones) is 1. The largest absolute Gasteiger partial charge is 0.448 e. The van der Waals surface area contributed by atoms with Crippen LogP contribution in [0.3, 0.4) is 0 Å². The molecule has 16 heavy (non-hydrogen) atoms. The van der Waals surface area contributed by atoms with Gasteiger partial charge in [0.05, 0.1) is 12.6 Å². The summed E-state index contributed by atoms with van der Waals surface area (Å²) in [6, 6.07) is -0.483. The number of nitrogens with zero attached hydrogens (tertiary/aromatic N) is 1. The quantitative estimate of drug-likeness (QED) is 0.607. The molecule has 0 aromatic carbocycles. The molecular formula is C11H13NO4. The van der Waals surface area contributed by atoms with Crippen molar-refractivity contribution in [3.05, 3.63) is 11.6 Å². The third-order valence-corrected chi connectivity index (χ3v) is 3.41. The van der Waals surface area contributed by atoms with E-state index in [9.17, 15) is 9.59 Å². The molecule has 1 amide bonds. The molecule has 3 aliphatic rings. The predicted octanol–water partition coefficient (Wildman–Crippen LogP) is 0.494. The lowest BCUT2D eigenvalue weighted by molar-refractivity contribution is -0.137. The SMILES string of the molecule is CC1=C[C@@H]2O[C@H]1CC(=O)[C@@H]2N1CCOC1=O. The van der Waals surface area contributed by atoms with Gasteiger partial charge < -0.3 is 9.47 Å². The number of carbonyl (C=O) groups excluding carboxylic acids is 2. The van der Waals surface area contributed by atoms with Crippen molar-refractivity contribution in [1.29, 1.82) is 0 Å². The third kappa shape index (κ3) is 1.28. The average Bonchev–Trinajstić information content (AvgIpc) is 2.75. The Morgan fingerprint density at radius 2 is 2.25 bits per heavy atom. The number of Topliss-reactive ketones (excluding diaryl/α,β-unsaturated/α-hetero) is 1. The van der Waals surface area contributed by atoms with Crippen molar-refractivity contribution >= 4 is 11.9 Å². The Balaban J connectivity index is 1.89. The van der Waals surface area contributed by atoms with E-state index in [1.807, 2.05) is 13.0 Å². The van der Waals surface area contributed by atoms with Crippen LogP contribution in [0.15, 0.2) is 11.6 Å². The van der Waals surface area contributed by atoms with Crippen LogP contribution in [-0.4, -0.2) is 48.2 Å². The summed E-state index contributed by atoms with van der Waals surface area (Å²) >= 11 is 0. The number of hydrogen-bond acceptors (Lipinski definition) is 4. The summed E-state index contributed by atoms with van der Waals surface area (Å²) in [5.74, 6) is 0.0770. The zero-order chi connectivity index (χ0) is 11.3. The maximum absolute atomic E-state index is 12.0. The highest BCUT2D eigenvalue weighted by Crippen LogP contribution is 2.33. The maximum Gasteiger partial charge on any atom is 0.410 e. The molecule has 86 valence electrons. The number of carbonyl (C=O) groups is 2. The summed E-state index contributed by atoms with van der Waals surface area (Å²) in [7, 11) is 0. The molecule has 0 radical (unpaired) electrons. The molecule has 0 spiro atoms. The van der Waals surface area contributed by atoms with Gasteiger partial charge in [0.2, 0.25) is 0 Å². The van der Waals surface area contributed by atoms with E-state index >= 15 is 0 Å². The topological polar surface area (TPSA) is 55.8 Å². The molecule has 0 aromatic heterocycles. The van der Waals surface area contributed by atoms with Gasteiger partial charge in [0, 0.05) is 6.42 Å². The fourth-order valence-corrected chi connectivity index (χ4v) is 2.57. The molecule has 0 saturated carbocycles. The van der Waals surface area contributed by atoms with E-state index in [-0.39, 0.29) is 18.0 Å². The second-order valence-electron chi connectivity index (χ2n) is 4.42. The summed E-state index contributed by atoms with van der Waals surface area (Å²) in [5.41, 5.74) is 1.09. The van der Waals surface area contributed by atoms with Crippen molar-refractivity contribution in [2.24, 2.45) is 0 Å². The van der Waals surface area contributed by atoms with E-state index < -0.39 is 12.1 Å². The van der Waals surface area contributed by atoms with Crippen LogP contribution in [0.4, 0.5) is 4.79 Å². The van der Waals surface area contributed by atoms with Crippen molar-refractivity contribution < 1.29 is 19.1 Å². The molecule has 2 bridgehead atoms. The highest BCUT2D eigenvalue weighted by Gasteiger charge is 2.47. The lowest BCUT2D eigenvalue weighted by Gasteiger charge is -2.33. The summed E-state index contributed by atoms with van der Waals surface area (Å²) in [6.45, 7) is 2.80. The van der Waals surface area contributed by atoms with Crippen LogP contribution in [0.25, 0.3) is 0 Å². The van der Waals surface area contributed by atoms with Crippen LogP contribution in [0, 0.1) is 0 Å². The Bertz CT molecular complexity index is 389. The van der Waals surface area contributed by atoms with Crippen LogP contribution >= 0.6 is 0 Å². The average molecular weight is 223 g/mol. The lowest BCUT2D eigenvalue weighted by Crippen LogP contribution is -2.52. The van der Waals surface area contributed by atoms with E-state index in [0.29, 0.717) is 19.6 Å². The van der Waals surface area contributed by atoms with E-state index in [0.717, 1.165) is 5.57 Å². The second kappa shape index (κ2) is 3.31. The highest BCUT2D eigenvalue weighted by atomic mass is 16.6. The number of hydrogen-bond donors (Lipinski definition) is 0. The first kappa shape index (κ1) is 9.84. The standard InChI is InChI=1S/C11H13NO4/c1-6-4-9-10(7(13)5-8(6)16-9)12-2-3-15-11(12)14/h4,8-10H,2-3,5H2,1H3/t8-,9-,10-/m0/s1. The smallest absolute Gasteiger partial charge is 0.410 e.